The van der Waals surface area contributed by atoms with Crippen LogP contribution in [0.2, 0.25) is 0 Å². The molecule has 2 aliphatic rings. The first-order valence-corrected chi connectivity index (χ1v) is 12.1. The highest BCUT2D eigenvalue weighted by atomic mass is 32.2. The zero-order chi connectivity index (χ0) is 22.4. The first kappa shape index (κ1) is 23.6. The van der Waals surface area contributed by atoms with Gasteiger partial charge in [0.1, 0.15) is 12.1 Å². The molecule has 0 spiro atoms. The minimum absolute atomic E-state index is 0.262. The molecule has 31 heavy (non-hydrogen) atoms. The Morgan fingerprint density at radius 3 is 2.71 bits per heavy atom. The molecule has 0 aromatic heterocycles. The molecule has 1 aromatic rings. The van der Waals surface area contributed by atoms with Crippen LogP contribution >= 0.6 is 11.8 Å². The van der Waals surface area contributed by atoms with Gasteiger partial charge in [-0.1, -0.05) is 30.3 Å². The van der Waals surface area contributed by atoms with Gasteiger partial charge in [-0.15, -0.1) is 0 Å². The summed E-state index contributed by atoms with van der Waals surface area (Å²) in [5.41, 5.74) is 1.10. The minimum atomic E-state index is -0.957. The highest BCUT2D eigenvalue weighted by molar-refractivity contribution is 8.00. The Morgan fingerprint density at radius 1 is 1.29 bits per heavy atom. The largest absolute Gasteiger partial charge is 0.480 e. The lowest BCUT2D eigenvalue weighted by atomic mass is 9.88. The highest BCUT2D eigenvalue weighted by Crippen LogP contribution is 2.40. The van der Waals surface area contributed by atoms with E-state index < -0.39 is 30.1 Å². The summed E-state index contributed by atoms with van der Waals surface area (Å²) in [6.07, 6.45) is 2.67. The van der Waals surface area contributed by atoms with Crippen molar-refractivity contribution < 1.29 is 24.2 Å². The van der Waals surface area contributed by atoms with Crippen LogP contribution in [0.5, 0.6) is 0 Å². The molecule has 1 amide bonds. The van der Waals surface area contributed by atoms with Gasteiger partial charge < -0.3 is 14.7 Å². The summed E-state index contributed by atoms with van der Waals surface area (Å²) in [5, 5.41) is 13.1. The molecule has 170 valence electrons. The van der Waals surface area contributed by atoms with Crippen molar-refractivity contribution >= 4 is 29.6 Å². The maximum absolute atomic E-state index is 13.2. The van der Waals surface area contributed by atoms with Crippen molar-refractivity contribution in [2.45, 2.75) is 62.9 Å². The Bertz CT molecular complexity index is 774. The maximum Gasteiger partial charge on any atom is 0.326 e. The van der Waals surface area contributed by atoms with Crippen molar-refractivity contribution in [3.63, 3.8) is 0 Å². The molecule has 0 bridgehead atoms. The van der Waals surface area contributed by atoms with E-state index in [2.05, 4.69) is 5.32 Å². The van der Waals surface area contributed by atoms with Crippen LogP contribution in [0.15, 0.2) is 30.3 Å². The number of benzene rings is 1. The molecule has 2 saturated heterocycles. The summed E-state index contributed by atoms with van der Waals surface area (Å²) in [7, 11) is 0. The number of aliphatic carboxylic acids is 1. The number of esters is 1. The lowest BCUT2D eigenvalue weighted by Gasteiger charge is -2.40. The van der Waals surface area contributed by atoms with Crippen LogP contribution in [0, 0.1) is 5.92 Å². The van der Waals surface area contributed by atoms with Gasteiger partial charge >= 0.3 is 11.9 Å². The maximum atomic E-state index is 13.2. The fourth-order valence-electron chi connectivity index (χ4n) is 4.47. The molecule has 5 atom stereocenters. The number of likely N-dealkylation sites (tertiary alicyclic amines) is 1. The van der Waals surface area contributed by atoms with E-state index in [1.807, 2.05) is 42.1 Å². The van der Waals surface area contributed by atoms with E-state index in [1.54, 1.807) is 13.8 Å². The Labute approximate surface area is 187 Å². The normalized spacial score (nSPS) is 24.8. The molecule has 2 heterocycles. The summed E-state index contributed by atoms with van der Waals surface area (Å²) < 4.78 is 5.21. The van der Waals surface area contributed by atoms with Crippen LogP contribution in [0.1, 0.15) is 38.7 Å². The third kappa shape index (κ3) is 6.01. The lowest BCUT2D eigenvalue weighted by Crippen LogP contribution is -2.59. The number of nitrogens with zero attached hydrogens (tertiary/aromatic N) is 1. The van der Waals surface area contributed by atoms with E-state index in [1.165, 1.54) is 4.90 Å². The van der Waals surface area contributed by atoms with Gasteiger partial charge in [-0.2, -0.15) is 11.8 Å². The number of hydrogen-bond acceptors (Lipinski definition) is 6. The van der Waals surface area contributed by atoms with Gasteiger partial charge in [0.05, 0.1) is 12.6 Å². The molecule has 2 N–H and O–H groups in total. The first-order valence-electron chi connectivity index (χ1n) is 11.0. The number of ether oxygens (including phenoxy) is 1. The van der Waals surface area contributed by atoms with Crippen molar-refractivity contribution in [3.8, 4) is 0 Å². The van der Waals surface area contributed by atoms with E-state index in [0.29, 0.717) is 37.0 Å². The molecule has 0 aliphatic carbocycles. The number of rotatable bonds is 9. The quantitative estimate of drug-likeness (QED) is 0.560. The predicted molar refractivity (Wildman–Crippen MR) is 120 cm³/mol. The number of aryl methyl sites for hydroxylation is 1. The summed E-state index contributed by atoms with van der Waals surface area (Å²) in [6.45, 7) is 4.16. The van der Waals surface area contributed by atoms with E-state index >= 15 is 0 Å². The van der Waals surface area contributed by atoms with Crippen molar-refractivity contribution in [2.75, 3.05) is 18.9 Å². The fraction of sp³-hybridized carbons (Fsp3) is 0.609. The number of amides is 1. The molecule has 2 fully saturated rings. The summed E-state index contributed by atoms with van der Waals surface area (Å²) >= 11 is 1.82. The second kappa shape index (κ2) is 11.0. The van der Waals surface area contributed by atoms with Gasteiger partial charge in [-0.3, -0.25) is 14.9 Å². The third-order valence-electron chi connectivity index (χ3n) is 6.15. The Morgan fingerprint density at radius 2 is 2.03 bits per heavy atom. The minimum Gasteiger partial charge on any atom is -0.480 e. The van der Waals surface area contributed by atoms with E-state index in [4.69, 9.17) is 4.74 Å². The summed E-state index contributed by atoms with van der Waals surface area (Å²) in [4.78, 5) is 39.1. The van der Waals surface area contributed by atoms with Crippen molar-refractivity contribution in [3.05, 3.63) is 35.9 Å². The molecule has 1 aromatic carbocycles. The first-order chi connectivity index (χ1) is 14.9. The molecular formula is C23H32N2O5S. The molecule has 8 heteroatoms. The van der Waals surface area contributed by atoms with Crippen LogP contribution in [-0.4, -0.2) is 70.1 Å². The second-order valence-electron chi connectivity index (χ2n) is 8.26. The number of piperidine rings is 1. The molecular weight excluding hydrogens is 416 g/mol. The van der Waals surface area contributed by atoms with Crippen LogP contribution in [0.4, 0.5) is 0 Å². The van der Waals surface area contributed by atoms with E-state index in [0.717, 1.165) is 17.7 Å². The standard InChI is InChI=1S/C23H32N2O5S/c1-3-30-23(29)18(10-9-16-7-5-4-6-8-16)24-15(2)21(26)25-14-20-17(11-12-31-20)13-19(25)22(27)28/h4-8,15,17-20,24H,3,9-14H2,1-2H3,(H,27,28)/t15-,17?,18?,19-,20?/m0/s1. The highest BCUT2D eigenvalue weighted by Gasteiger charge is 2.44. The average molecular weight is 449 g/mol. The van der Waals surface area contributed by atoms with Gasteiger partial charge in [0, 0.05) is 11.8 Å². The monoisotopic (exact) mass is 448 g/mol. The zero-order valence-electron chi connectivity index (χ0n) is 18.2. The van der Waals surface area contributed by atoms with Gasteiger partial charge in [0.25, 0.3) is 0 Å². The number of hydrogen-bond donors (Lipinski definition) is 2. The number of thioether (sulfide) groups is 1. The molecule has 3 unspecified atom stereocenters. The second-order valence-corrected chi connectivity index (χ2v) is 9.60. The van der Waals surface area contributed by atoms with Gasteiger partial charge in [-0.25, -0.2) is 4.79 Å². The molecule has 2 aliphatic heterocycles. The van der Waals surface area contributed by atoms with Crippen molar-refractivity contribution in [2.24, 2.45) is 5.92 Å². The SMILES string of the molecule is CCOC(=O)C(CCc1ccccc1)N[C@@H](C)C(=O)N1CC2SCCC2C[C@H]1C(=O)O. The molecule has 0 radical (unpaired) electrons. The smallest absolute Gasteiger partial charge is 0.326 e. The van der Waals surface area contributed by atoms with Crippen LogP contribution in [0.25, 0.3) is 0 Å². The number of carboxylic acid groups (broad SMARTS) is 1. The Hall–Kier alpha value is -2.06. The van der Waals surface area contributed by atoms with E-state index in [9.17, 15) is 19.5 Å². The molecule has 0 saturated carbocycles. The van der Waals surface area contributed by atoms with Gasteiger partial charge in [-0.05, 0) is 56.8 Å². The van der Waals surface area contributed by atoms with Gasteiger partial charge in [0.15, 0.2) is 0 Å². The third-order valence-corrected chi connectivity index (χ3v) is 7.58. The van der Waals surface area contributed by atoms with Crippen LogP contribution < -0.4 is 5.32 Å². The number of nitrogens with one attached hydrogen (secondary N) is 1. The number of carbonyl (C=O) groups excluding carboxylic acids is 2. The Balaban J connectivity index is 1.67. The summed E-state index contributed by atoms with van der Waals surface area (Å²) in [5.74, 6) is -0.245. The summed E-state index contributed by atoms with van der Waals surface area (Å²) in [6, 6.07) is 7.71. The average Bonchev–Trinajstić information content (AvgIpc) is 3.23. The van der Waals surface area contributed by atoms with Crippen LogP contribution in [-0.2, 0) is 25.5 Å². The molecule has 7 nitrogen and oxygen atoms in total. The van der Waals surface area contributed by atoms with Crippen molar-refractivity contribution in [1.82, 2.24) is 10.2 Å². The van der Waals surface area contributed by atoms with Crippen molar-refractivity contribution in [1.29, 1.82) is 0 Å². The van der Waals surface area contributed by atoms with Crippen LogP contribution in [0.3, 0.4) is 0 Å². The number of carboxylic acids is 1. The Kier molecular flexibility index (Phi) is 8.37. The molecule has 3 rings (SSSR count). The topological polar surface area (TPSA) is 95.9 Å². The number of carbonyl (C=O) groups is 3. The van der Waals surface area contributed by atoms with E-state index in [-0.39, 0.29) is 12.5 Å². The predicted octanol–water partition coefficient (Wildman–Crippen LogP) is 2.34. The fourth-order valence-corrected chi connectivity index (χ4v) is 5.99. The number of fused-ring (bicyclic) bond motifs is 1. The lowest BCUT2D eigenvalue weighted by molar-refractivity contribution is -0.154. The zero-order valence-corrected chi connectivity index (χ0v) is 19.0. The van der Waals surface area contributed by atoms with Gasteiger partial charge in [0.2, 0.25) is 5.91 Å².